The molecular formula is C85H49B2F10N5S. The van der Waals surface area contributed by atoms with Crippen molar-refractivity contribution >= 4 is 143 Å². The number of para-hydroxylation sites is 7. The van der Waals surface area contributed by atoms with Gasteiger partial charge in [-0.3, -0.25) is 0 Å². The molecule has 18 rings (SSSR count). The highest BCUT2D eigenvalue weighted by Gasteiger charge is 2.50. The average Bonchev–Trinajstić information content (AvgIpc) is 0.683. The number of halogens is 10. The third kappa shape index (κ3) is 10.2. The van der Waals surface area contributed by atoms with Crippen molar-refractivity contribution in [2.75, 3.05) is 24.5 Å². The summed E-state index contributed by atoms with van der Waals surface area (Å²) in [6, 6.07) is 81.5. The summed E-state index contributed by atoms with van der Waals surface area (Å²) in [6.07, 6.45) is -4.82. The SMILES string of the molecule is Fc1cccc(F)c1N(c1ccccc1)c1cc2c3c(c1)N(c1c(F)cccc1F)c1ccccc1B3c1cc3c(c(F)c1N2c1ccc(C(F)(F)F)cc1)Sc1cc(N(c2ccc(-c4ccccc4)cc2)c2ccccc2-c2ccccc2)cc2c1B3c1ccccc1N2c1c(F)cccc1F. The van der Waals surface area contributed by atoms with Crippen molar-refractivity contribution in [3.8, 4) is 22.3 Å². The Labute approximate surface area is 590 Å². The zero-order valence-corrected chi connectivity index (χ0v) is 54.7. The summed E-state index contributed by atoms with van der Waals surface area (Å²) in [5, 5.41) is 0. The van der Waals surface area contributed by atoms with Gasteiger partial charge in [-0.15, -0.1) is 0 Å². The lowest BCUT2D eigenvalue weighted by Gasteiger charge is -2.46. The zero-order chi connectivity index (χ0) is 70.1. The minimum Gasteiger partial charge on any atom is -0.310 e. The van der Waals surface area contributed by atoms with Crippen molar-refractivity contribution in [1.82, 2.24) is 0 Å². The quantitative estimate of drug-likeness (QED) is 0.0941. The van der Waals surface area contributed by atoms with Gasteiger partial charge in [-0.05, 0) is 171 Å². The highest BCUT2D eigenvalue weighted by atomic mass is 32.2. The van der Waals surface area contributed by atoms with Gasteiger partial charge in [-0.25, -0.2) is 30.7 Å². The Morgan fingerprint density at radius 2 is 0.777 bits per heavy atom. The highest BCUT2D eigenvalue weighted by molar-refractivity contribution is 8.00. The van der Waals surface area contributed by atoms with Crippen molar-refractivity contribution < 1.29 is 43.9 Å². The summed E-state index contributed by atoms with van der Waals surface area (Å²) in [5.41, 5.74) is 6.98. The molecule has 0 aromatic heterocycles. The van der Waals surface area contributed by atoms with Crippen LogP contribution in [0.5, 0.6) is 0 Å². The molecule has 0 aliphatic carbocycles. The van der Waals surface area contributed by atoms with Gasteiger partial charge in [0.25, 0.3) is 6.71 Å². The van der Waals surface area contributed by atoms with Crippen LogP contribution >= 0.6 is 11.8 Å². The van der Waals surface area contributed by atoms with E-state index in [1.54, 1.807) is 89.8 Å². The standard InChI is InChI=1S/C85H49B2F10N5S/c88-64-28-16-29-65(89)81(64)99(54-23-8-3-9-24-54)57-45-73-77-74(46-57)101(82-66(90)30-17-31-67(82)91)71-35-14-11-26-60(71)86(77)62-49-63-84(79(94)80(62)100(73)56-43-39-53(40-44-56)85(95,96)97)103-76-48-58(47-75-78(76)87(63)61-27-12-15-36-72(61)102(75)83-68(92)32-18-33-69(83)93)98(55-41-37-51(38-42-55)50-19-4-1-5-20-50)70-34-13-10-25-59(70)52-21-6-2-7-22-52/h1-49H. The summed E-state index contributed by atoms with van der Waals surface area (Å²) in [7, 11) is 0. The Morgan fingerprint density at radius 1 is 0.320 bits per heavy atom. The zero-order valence-electron chi connectivity index (χ0n) is 53.9. The number of alkyl halides is 3. The number of benzene rings is 14. The van der Waals surface area contributed by atoms with E-state index in [-0.39, 0.29) is 55.9 Å². The molecule has 4 heterocycles. The Kier molecular flexibility index (Phi) is 15.1. The smallest absolute Gasteiger partial charge is 0.310 e. The second-order valence-electron chi connectivity index (χ2n) is 25.5. The van der Waals surface area contributed by atoms with Crippen molar-refractivity contribution in [2.24, 2.45) is 0 Å². The molecule has 496 valence electrons. The number of nitrogens with zero attached hydrogens (tertiary/aromatic N) is 5. The molecule has 14 aromatic rings. The van der Waals surface area contributed by atoms with Crippen LogP contribution in [0.15, 0.2) is 307 Å². The van der Waals surface area contributed by atoms with E-state index in [2.05, 4.69) is 4.90 Å². The van der Waals surface area contributed by atoms with Crippen LogP contribution in [0.3, 0.4) is 0 Å². The third-order valence-electron chi connectivity index (χ3n) is 19.7. The van der Waals surface area contributed by atoms with E-state index >= 15 is 30.7 Å². The molecule has 0 saturated carbocycles. The van der Waals surface area contributed by atoms with Crippen LogP contribution in [0.25, 0.3) is 22.3 Å². The Balaban J connectivity index is 0.941. The van der Waals surface area contributed by atoms with Crippen LogP contribution < -0.4 is 57.3 Å². The first-order chi connectivity index (χ1) is 50.2. The van der Waals surface area contributed by atoms with Crippen LogP contribution in [0, 0.1) is 40.7 Å². The van der Waals surface area contributed by atoms with Crippen molar-refractivity contribution in [1.29, 1.82) is 0 Å². The first-order valence-electron chi connectivity index (χ1n) is 33.1. The summed E-state index contributed by atoms with van der Waals surface area (Å²) < 4.78 is 167. The lowest BCUT2D eigenvalue weighted by molar-refractivity contribution is -0.137. The second kappa shape index (κ2) is 24.6. The number of hydrogen-bond acceptors (Lipinski definition) is 6. The average molecular weight is 1380 g/mol. The van der Waals surface area contributed by atoms with Crippen LogP contribution in [-0.4, -0.2) is 13.4 Å². The molecule has 0 amide bonds. The van der Waals surface area contributed by atoms with E-state index in [9.17, 15) is 13.2 Å². The second-order valence-corrected chi connectivity index (χ2v) is 26.5. The molecular weight excluding hydrogens is 1330 g/mol. The van der Waals surface area contributed by atoms with E-state index in [4.69, 9.17) is 0 Å². The molecule has 14 aromatic carbocycles. The van der Waals surface area contributed by atoms with E-state index in [0.29, 0.717) is 55.0 Å². The van der Waals surface area contributed by atoms with Gasteiger partial charge in [0.2, 0.25) is 6.71 Å². The van der Waals surface area contributed by atoms with E-state index in [1.807, 2.05) is 133 Å². The first kappa shape index (κ1) is 63.1. The van der Waals surface area contributed by atoms with Crippen LogP contribution in [0.1, 0.15) is 5.56 Å². The van der Waals surface area contributed by atoms with Gasteiger partial charge in [0, 0.05) is 66.5 Å². The number of fused-ring (bicyclic) bond motifs is 8. The minimum absolute atomic E-state index is 0.00803. The van der Waals surface area contributed by atoms with Gasteiger partial charge in [0.05, 0.1) is 22.6 Å². The summed E-state index contributed by atoms with van der Waals surface area (Å²) in [5.74, 6) is -6.48. The molecule has 0 atom stereocenters. The molecule has 5 nitrogen and oxygen atoms in total. The lowest BCUT2D eigenvalue weighted by Crippen LogP contribution is -2.65. The van der Waals surface area contributed by atoms with Gasteiger partial charge in [-0.1, -0.05) is 187 Å². The Hall–Kier alpha value is -12.1. The number of hydrogen-bond donors (Lipinski definition) is 0. The predicted octanol–water partition coefficient (Wildman–Crippen LogP) is 20.8. The maximum atomic E-state index is 20.5. The first-order valence-corrected chi connectivity index (χ1v) is 33.9. The van der Waals surface area contributed by atoms with Gasteiger partial charge >= 0.3 is 6.18 Å². The molecule has 4 aliphatic heterocycles. The van der Waals surface area contributed by atoms with Gasteiger partial charge in [0.1, 0.15) is 52.0 Å². The monoisotopic (exact) mass is 1380 g/mol. The Morgan fingerprint density at radius 3 is 1.35 bits per heavy atom. The van der Waals surface area contributed by atoms with E-state index in [0.717, 1.165) is 76.1 Å². The molecule has 103 heavy (non-hydrogen) atoms. The predicted molar refractivity (Wildman–Crippen MR) is 395 cm³/mol. The molecule has 4 aliphatic rings. The van der Waals surface area contributed by atoms with Crippen LogP contribution in [0.4, 0.5) is 129 Å². The fraction of sp³-hybridized carbons (Fsp3) is 0.0118. The maximum Gasteiger partial charge on any atom is 0.416 e. The summed E-state index contributed by atoms with van der Waals surface area (Å²) in [6.45, 7) is -1.98. The fourth-order valence-electron chi connectivity index (χ4n) is 15.5. The van der Waals surface area contributed by atoms with Gasteiger partial charge in [0.15, 0.2) is 5.82 Å². The van der Waals surface area contributed by atoms with Crippen molar-refractivity contribution in [3.05, 3.63) is 344 Å². The number of anilines is 15. The van der Waals surface area contributed by atoms with Crippen molar-refractivity contribution in [2.45, 2.75) is 16.0 Å². The minimum atomic E-state index is -4.82. The third-order valence-corrected chi connectivity index (χ3v) is 20.9. The molecule has 0 bridgehead atoms. The largest absolute Gasteiger partial charge is 0.416 e. The molecule has 18 heteroatoms. The van der Waals surface area contributed by atoms with Gasteiger partial charge in [-0.2, -0.15) is 13.2 Å². The number of rotatable bonds is 11. The van der Waals surface area contributed by atoms with Gasteiger partial charge < -0.3 is 24.5 Å². The van der Waals surface area contributed by atoms with Crippen LogP contribution in [0.2, 0.25) is 0 Å². The maximum absolute atomic E-state index is 20.5. The molecule has 0 N–H and O–H groups in total. The Bertz CT molecular complexity index is 5700. The van der Waals surface area contributed by atoms with Crippen molar-refractivity contribution in [3.63, 3.8) is 0 Å². The lowest BCUT2D eigenvalue weighted by atomic mass is 9.31. The van der Waals surface area contributed by atoms with E-state index < -0.39 is 77.3 Å². The molecule has 0 unspecified atom stereocenters. The summed E-state index contributed by atoms with van der Waals surface area (Å²) in [4.78, 5) is 8.40. The molecule has 0 saturated heterocycles. The highest BCUT2D eigenvalue weighted by Crippen LogP contribution is 2.54. The topological polar surface area (TPSA) is 16.2 Å². The molecule has 0 radical (unpaired) electrons. The normalized spacial score (nSPS) is 13.0. The van der Waals surface area contributed by atoms with E-state index in [1.165, 1.54) is 57.2 Å². The van der Waals surface area contributed by atoms with Crippen LogP contribution in [-0.2, 0) is 6.18 Å². The summed E-state index contributed by atoms with van der Waals surface area (Å²) >= 11 is 1.08. The molecule has 0 spiro atoms. The molecule has 0 fully saturated rings. The fourth-order valence-corrected chi connectivity index (χ4v) is 16.7.